The van der Waals surface area contributed by atoms with Crippen LogP contribution < -0.4 is 4.90 Å². The molecule has 1 saturated heterocycles. The van der Waals surface area contributed by atoms with E-state index in [1.165, 1.54) is 0 Å². The number of aromatic nitrogens is 2. The van der Waals surface area contributed by atoms with E-state index in [0.29, 0.717) is 24.7 Å². The summed E-state index contributed by atoms with van der Waals surface area (Å²) in [7, 11) is 0. The highest BCUT2D eigenvalue weighted by molar-refractivity contribution is 5.79. The zero-order chi connectivity index (χ0) is 14.9. The van der Waals surface area contributed by atoms with Crippen LogP contribution in [0.1, 0.15) is 0 Å². The van der Waals surface area contributed by atoms with Gasteiger partial charge in [0.15, 0.2) is 0 Å². The Morgan fingerprint density at radius 1 is 1.09 bits per heavy atom. The second-order valence-electron chi connectivity index (χ2n) is 5.37. The van der Waals surface area contributed by atoms with Crippen molar-refractivity contribution < 1.29 is 9.13 Å². The molecule has 0 radical (unpaired) electrons. The summed E-state index contributed by atoms with van der Waals surface area (Å²) < 4.78 is 19.8. The number of hydrogen-bond acceptors (Lipinski definition) is 3. The van der Waals surface area contributed by atoms with Gasteiger partial charge in [-0.1, -0.05) is 12.1 Å². The molecule has 4 nitrogen and oxygen atoms in total. The summed E-state index contributed by atoms with van der Waals surface area (Å²) in [4.78, 5) is 9.75. The molecule has 3 aromatic rings. The fourth-order valence-corrected chi connectivity index (χ4v) is 2.80. The average molecular weight is 297 g/mol. The van der Waals surface area contributed by atoms with Gasteiger partial charge in [0.1, 0.15) is 11.6 Å². The quantitative estimate of drug-likeness (QED) is 0.789. The molecule has 1 aromatic heterocycles. The molecule has 22 heavy (non-hydrogen) atoms. The van der Waals surface area contributed by atoms with Crippen LogP contribution in [0, 0.1) is 5.82 Å². The van der Waals surface area contributed by atoms with Gasteiger partial charge >= 0.3 is 0 Å². The minimum absolute atomic E-state index is 0.222. The minimum atomic E-state index is -0.222. The van der Waals surface area contributed by atoms with Crippen LogP contribution in [0.2, 0.25) is 0 Å². The Kier molecular flexibility index (Phi) is 3.27. The van der Waals surface area contributed by atoms with Gasteiger partial charge in [-0.15, -0.1) is 0 Å². The largest absolute Gasteiger partial charge is 0.378 e. The van der Waals surface area contributed by atoms with Crippen LogP contribution >= 0.6 is 0 Å². The van der Waals surface area contributed by atoms with Gasteiger partial charge in [-0.25, -0.2) is 9.37 Å². The summed E-state index contributed by atoms with van der Waals surface area (Å²) in [6.07, 6.45) is 0. The second-order valence-corrected chi connectivity index (χ2v) is 5.37. The number of anilines is 1. The Morgan fingerprint density at radius 3 is 2.68 bits per heavy atom. The molecule has 0 atom stereocenters. The third-order valence-corrected chi connectivity index (χ3v) is 3.96. The number of para-hydroxylation sites is 2. The molecule has 0 bridgehead atoms. The van der Waals surface area contributed by atoms with Crippen molar-refractivity contribution in [1.82, 2.24) is 9.97 Å². The third-order valence-electron chi connectivity index (χ3n) is 3.96. The number of aromatic amines is 1. The lowest BCUT2D eigenvalue weighted by Gasteiger charge is -2.29. The molecular weight excluding hydrogens is 281 g/mol. The molecule has 0 saturated carbocycles. The Bertz CT molecular complexity index is 776. The van der Waals surface area contributed by atoms with Crippen LogP contribution in [0.25, 0.3) is 22.4 Å². The average Bonchev–Trinajstić information content (AvgIpc) is 2.99. The number of rotatable bonds is 2. The highest BCUT2D eigenvalue weighted by atomic mass is 19.1. The molecule has 4 rings (SSSR count). The summed E-state index contributed by atoms with van der Waals surface area (Å²) in [5.74, 6) is 0.466. The van der Waals surface area contributed by atoms with Crippen molar-refractivity contribution in [3.8, 4) is 11.4 Å². The van der Waals surface area contributed by atoms with Gasteiger partial charge < -0.3 is 14.6 Å². The normalized spacial score (nSPS) is 15.4. The number of nitrogens with one attached hydrogen (secondary N) is 1. The maximum atomic E-state index is 14.5. The molecule has 0 spiro atoms. The summed E-state index contributed by atoms with van der Waals surface area (Å²) in [6, 6.07) is 13.1. The van der Waals surface area contributed by atoms with Gasteiger partial charge in [0.05, 0.1) is 29.9 Å². The van der Waals surface area contributed by atoms with Crippen molar-refractivity contribution in [1.29, 1.82) is 0 Å². The standard InChI is InChI=1S/C17H16FN3O/c18-13-11-12(5-6-16(13)21-7-9-22-10-8-21)17-19-14-3-1-2-4-15(14)20-17/h1-6,11H,7-10H2,(H,19,20). The maximum absolute atomic E-state index is 14.5. The predicted molar refractivity (Wildman–Crippen MR) is 84.5 cm³/mol. The van der Waals surface area contributed by atoms with E-state index in [1.807, 2.05) is 41.3 Å². The van der Waals surface area contributed by atoms with Crippen LogP contribution in [0.3, 0.4) is 0 Å². The molecule has 0 aliphatic carbocycles. The molecule has 2 aromatic carbocycles. The summed E-state index contributed by atoms with van der Waals surface area (Å²) in [5, 5.41) is 0. The number of halogens is 1. The highest BCUT2D eigenvalue weighted by Gasteiger charge is 2.16. The molecule has 1 N–H and O–H groups in total. The lowest BCUT2D eigenvalue weighted by Crippen LogP contribution is -2.36. The fourth-order valence-electron chi connectivity index (χ4n) is 2.80. The smallest absolute Gasteiger partial charge is 0.147 e. The Morgan fingerprint density at radius 2 is 1.91 bits per heavy atom. The van der Waals surface area contributed by atoms with Crippen molar-refractivity contribution in [3.63, 3.8) is 0 Å². The van der Waals surface area contributed by atoms with Gasteiger partial charge in [-0.05, 0) is 30.3 Å². The maximum Gasteiger partial charge on any atom is 0.147 e. The van der Waals surface area contributed by atoms with E-state index < -0.39 is 0 Å². The van der Waals surface area contributed by atoms with Gasteiger partial charge in [0, 0.05) is 18.7 Å². The first kappa shape index (κ1) is 13.3. The SMILES string of the molecule is Fc1cc(-c2nc3ccccc3[nH]2)ccc1N1CCOCC1. The van der Waals surface area contributed by atoms with Crippen molar-refractivity contribution >= 4 is 16.7 Å². The van der Waals surface area contributed by atoms with Crippen LogP contribution in [-0.2, 0) is 4.74 Å². The summed E-state index contributed by atoms with van der Waals surface area (Å²) >= 11 is 0. The van der Waals surface area contributed by atoms with Gasteiger partial charge in [0.25, 0.3) is 0 Å². The molecule has 2 heterocycles. The van der Waals surface area contributed by atoms with Gasteiger partial charge in [-0.3, -0.25) is 0 Å². The number of ether oxygens (including phenoxy) is 1. The van der Waals surface area contributed by atoms with Gasteiger partial charge in [-0.2, -0.15) is 0 Å². The number of nitrogens with zero attached hydrogens (tertiary/aromatic N) is 2. The number of fused-ring (bicyclic) bond motifs is 1. The number of benzene rings is 2. The van der Waals surface area contributed by atoms with E-state index in [9.17, 15) is 4.39 Å². The Hall–Kier alpha value is -2.40. The monoisotopic (exact) mass is 297 g/mol. The topological polar surface area (TPSA) is 41.2 Å². The van der Waals surface area contributed by atoms with Crippen molar-refractivity contribution in [2.24, 2.45) is 0 Å². The van der Waals surface area contributed by atoms with Crippen molar-refractivity contribution in [2.45, 2.75) is 0 Å². The van der Waals surface area contributed by atoms with E-state index in [-0.39, 0.29) is 5.82 Å². The van der Waals surface area contributed by atoms with E-state index in [0.717, 1.165) is 29.7 Å². The Balaban J connectivity index is 1.69. The second kappa shape index (κ2) is 5.42. The first-order valence-electron chi connectivity index (χ1n) is 7.38. The molecule has 1 fully saturated rings. The zero-order valence-electron chi connectivity index (χ0n) is 12.1. The summed E-state index contributed by atoms with van der Waals surface area (Å²) in [6.45, 7) is 2.73. The molecule has 1 aliphatic heterocycles. The predicted octanol–water partition coefficient (Wildman–Crippen LogP) is 3.21. The molecular formula is C17H16FN3O. The minimum Gasteiger partial charge on any atom is -0.378 e. The van der Waals surface area contributed by atoms with E-state index >= 15 is 0 Å². The molecule has 1 aliphatic rings. The number of imidazole rings is 1. The fraction of sp³-hybridized carbons (Fsp3) is 0.235. The van der Waals surface area contributed by atoms with E-state index in [4.69, 9.17) is 4.74 Å². The summed E-state index contributed by atoms with van der Waals surface area (Å²) in [5.41, 5.74) is 3.22. The number of H-pyrrole nitrogens is 1. The van der Waals surface area contributed by atoms with Crippen LogP contribution in [0.15, 0.2) is 42.5 Å². The number of hydrogen-bond donors (Lipinski definition) is 1. The van der Waals surface area contributed by atoms with E-state index in [2.05, 4.69) is 9.97 Å². The molecule has 0 unspecified atom stereocenters. The first-order chi connectivity index (χ1) is 10.8. The molecule has 0 amide bonds. The zero-order valence-corrected chi connectivity index (χ0v) is 12.1. The lowest BCUT2D eigenvalue weighted by atomic mass is 10.1. The number of morpholine rings is 1. The molecule has 5 heteroatoms. The highest BCUT2D eigenvalue weighted by Crippen LogP contribution is 2.27. The van der Waals surface area contributed by atoms with Gasteiger partial charge in [0.2, 0.25) is 0 Å². The van der Waals surface area contributed by atoms with Crippen LogP contribution in [0.5, 0.6) is 0 Å². The molecule has 112 valence electrons. The Labute approximate surface area is 127 Å². The first-order valence-corrected chi connectivity index (χ1v) is 7.38. The van der Waals surface area contributed by atoms with Crippen LogP contribution in [-0.4, -0.2) is 36.3 Å². The van der Waals surface area contributed by atoms with Crippen LogP contribution in [0.4, 0.5) is 10.1 Å². The lowest BCUT2D eigenvalue weighted by molar-refractivity contribution is 0.122. The van der Waals surface area contributed by atoms with Crippen molar-refractivity contribution in [2.75, 3.05) is 31.2 Å². The third kappa shape index (κ3) is 2.33. The van der Waals surface area contributed by atoms with E-state index in [1.54, 1.807) is 6.07 Å². The van der Waals surface area contributed by atoms with Crippen molar-refractivity contribution in [3.05, 3.63) is 48.3 Å².